The molecule has 4 rings (SSSR count). The van der Waals surface area contributed by atoms with Gasteiger partial charge >= 0.3 is 0 Å². The Morgan fingerprint density at radius 3 is 2.89 bits per heavy atom. The summed E-state index contributed by atoms with van der Waals surface area (Å²) in [5.74, 6) is 0.317. The Morgan fingerprint density at radius 2 is 2.15 bits per heavy atom. The van der Waals surface area contributed by atoms with Crippen LogP contribution in [0.15, 0.2) is 24.3 Å². The third kappa shape index (κ3) is 3.36. The van der Waals surface area contributed by atoms with Gasteiger partial charge in [-0.05, 0) is 43.9 Å². The van der Waals surface area contributed by atoms with Crippen molar-refractivity contribution in [2.24, 2.45) is 0 Å². The van der Waals surface area contributed by atoms with E-state index in [9.17, 15) is 14.0 Å². The topological polar surface area (TPSA) is 58.6 Å². The number of hydrogen-bond acceptors (Lipinski definition) is 4. The van der Waals surface area contributed by atoms with Crippen molar-refractivity contribution in [2.45, 2.75) is 48.9 Å². The molecule has 0 saturated carbocycles. The lowest BCUT2D eigenvalue weighted by molar-refractivity contribution is -0.138. The number of nitrogens with one attached hydrogen (secondary N) is 1. The molecule has 2 atom stereocenters. The highest BCUT2D eigenvalue weighted by molar-refractivity contribution is 8.01. The van der Waals surface area contributed by atoms with E-state index in [0.717, 1.165) is 24.8 Å². The van der Waals surface area contributed by atoms with Crippen molar-refractivity contribution < 1.29 is 18.7 Å². The summed E-state index contributed by atoms with van der Waals surface area (Å²) in [5, 5.41) is 3.08. The first-order chi connectivity index (χ1) is 12.9. The smallest absolute Gasteiger partial charge is 0.243 e. The SMILES string of the molecule is C[C@@]12CCC(=O)N1[C@@H](C(=O)NCC1(c3cccc(F)c3)CCOCC1)CS2. The molecule has 0 aliphatic carbocycles. The van der Waals surface area contributed by atoms with E-state index in [1.165, 1.54) is 6.07 Å². The molecule has 3 saturated heterocycles. The van der Waals surface area contributed by atoms with Crippen LogP contribution in [0, 0.1) is 5.82 Å². The van der Waals surface area contributed by atoms with Crippen molar-refractivity contribution in [1.82, 2.24) is 10.2 Å². The molecule has 3 heterocycles. The van der Waals surface area contributed by atoms with Crippen LogP contribution >= 0.6 is 11.8 Å². The number of amides is 2. The molecule has 0 spiro atoms. The quantitative estimate of drug-likeness (QED) is 0.855. The summed E-state index contributed by atoms with van der Waals surface area (Å²) in [6.07, 6.45) is 2.77. The average molecular weight is 392 g/mol. The molecule has 0 bridgehead atoms. The van der Waals surface area contributed by atoms with Gasteiger partial charge in [-0.25, -0.2) is 4.39 Å². The van der Waals surface area contributed by atoms with Crippen molar-refractivity contribution in [3.63, 3.8) is 0 Å². The number of carbonyl (C=O) groups is 2. The van der Waals surface area contributed by atoms with Gasteiger partial charge in [-0.15, -0.1) is 11.8 Å². The molecule has 0 radical (unpaired) electrons. The zero-order chi connectivity index (χ0) is 19.1. The Bertz CT molecular complexity index is 752. The lowest BCUT2D eigenvalue weighted by Crippen LogP contribution is -2.53. The molecule has 1 N–H and O–H groups in total. The van der Waals surface area contributed by atoms with Gasteiger partial charge in [-0.1, -0.05) is 12.1 Å². The lowest BCUT2D eigenvalue weighted by Gasteiger charge is -2.38. The van der Waals surface area contributed by atoms with Gasteiger partial charge in [-0.3, -0.25) is 9.59 Å². The van der Waals surface area contributed by atoms with Gasteiger partial charge in [0.2, 0.25) is 11.8 Å². The molecule has 2 amide bonds. The summed E-state index contributed by atoms with van der Waals surface area (Å²) in [4.78, 5) is 26.7. The van der Waals surface area contributed by atoms with E-state index in [4.69, 9.17) is 4.74 Å². The van der Waals surface area contributed by atoms with Crippen LogP contribution in [0.5, 0.6) is 0 Å². The van der Waals surface area contributed by atoms with Crippen LogP contribution in [0.1, 0.15) is 38.2 Å². The maximum Gasteiger partial charge on any atom is 0.243 e. The number of carbonyl (C=O) groups excluding carboxylic acids is 2. The molecular weight excluding hydrogens is 367 g/mol. The summed E-state index contributed by atoms with van der Waals surface area (Å²) in [6.45, 7) is 3.66. The van der Waals surface area contributed by atoms with Crippen LogP contribution in [-0.2, 0) is 19.7 Å². The highest BCUT2D eigenvalue weighted by atomic mass is 32.2. The number of nitrogens with zero attached hydrogens (tertiary/aromatic N) is 1. The second-order valence-corrected chi connectivity index (χ2v) is 9.39. The summed E-state index contributed by atoms with van der Waals surface area (Å²) < 4.78 is 19.3. The maximum atomic E-state index is 13.8. The predicted octanol–water partition coefficient (Wildman–Crippen LogP) is 2.44. The van der Waals surface area contributed by atoms with Crippen molar-refractivity contribution in [3.8, 4) is 0 Å². The fraction of sp³-hybridized carbons (Fsp3) is 0.600. The average Bonchev–Trinajstić information content (AvgIpc) is 3.16. The van der Waals surface area contributed by atoms with Crippen LogP contribution in [0.4, 0.5) is 4.39 Å². The number of hydrogen-bond donors (Lipinski definition) is 1. The van der Waals surface area contributed by atoms with E-state index in [-0.39, 0.29) is 27.9 Å². The molecule has 27 heavy (non-hydrogen) atoms. The minimum Gasteiger partial charge on any atom is -0.381 e. The lowest BCUT2D eigenvalue weighted by atomic mass is 9.74. The number of benzene rings is 1. The molecule has 3 aliphatic heterocycles. The minimum atomic E-state index is -0.417. The molecule has 0 aromatic heterocycles. The number of ether oxygens (including phenoxy) is 1. The van der Waals surface area contributed by atoms with Gasteiger partial charge in [0.15, 0.2) is 0 Å². The van der Waals surface area contributed by atoms with Crippen molar-refractivity contribution in [3.05, 3.63) is 35.6 Å². The third-order valence-corrected chi connectivity index (χ3v) is 7.74. The fourth-order valence-corrected chi connectivity index (χ4v) is 5.97. The fourth-order valence-electron chi connectivity index (χ4n) is 4.54. The van der Waals surface area contributed by atoms with Crippen molar-refractivity contribution in [1.29, 1.82) is 0 Å². The van der Waals surface area contributed by atoms with Gasteiger partial charge in [-0.2, -0.15) is 0 Å². The van der Waals surface area contributed by atoms with Crippen LogP contribution in [0.2, 0.25) is 0 Å². The molecule has 0 unspecified atom stereocenters. The summed E-state index contributed by atoms with van der Waals surface area (Å²) in [5.41, 5.74) is 0.564. The minimum absolute atomic E-state index is 0.0635. The molecule has 146 valence electrons. The zero-order valence-corrected chi connectivity index (χ0v) is 16.3. The van der Waals surface area contributed by atoms with Gasteiger partial charge in [0.05, 0.1) is 4.87 Å². The van der Waals surface area contributed by atoms with E-state index in [2.05, 4.69) is 5.32 Å². The Balaban J connectivity index is 1.50. The second-order valence-electron chi connectivity index (χ2n) is 7.89. The Labute approximate surface area is 163 Å². The number of fused-ring (bicyclic) bond motifs is 1. The summed E-state index contributed by atoms with van der Waals surface area (Å²) >= 11 is 1.69. The monoisotopic (exact) mass is 392 g/mol. The van der Waals surface area contributed by atoms with E-state index >= 15 is 0 Å². The van der Waals surface area contributed by atoms with Gasteiger partial charge in [0, 0.05) is 37.3 Å². The molecule has 7 heteroatoms. The largest absolute Gasteiger partial charge is 0.381 e. The van der Waals surface area contributed by atoms with Crippen LogP contribution < -0.4 is 5.32 Å². The highest BCUT2D eigenvalue weighted by Gasteiger charge is 2.53. The number of rotatable bonds is 4. The molecular formula is C20H25FN2O3S. The van der Waals surface area contributed by atoms with Crippen LogP contribution in [-0.4, -0.2) is 53.1 Å². The Morgan fingerprint density at radius 1 is 1.37 bits per heavy atom. The number of halogens is 1. The molecule has 5 nitrogen and oxygen atoms in total. The molecule has 3 fully saturated rings. The summed E-state index contributed by atoms with van der Waals surface area (Å²) in [6, 6.07) is 6.22. The molecule has 3 aliphatic rings. The third-order valence-electron chi connectivity index (χ3n) is 6.24. The summed E-state index contributed by atoms with van der Waals surface area (Å²) in [7, 11) is 0. The second kappa shape index (κ2) is 7.09. The van der Waals surface area contributed by atoms with Crippen molar-refractivity contribution >= 4 is 23.6 Å². The van der Waals surface area contributed by atoms with E-state index in [1.54, 1.807) is 28.8 Å². The molecule has 1 aromatic carbocycles. The standard InChI is InChI=1S/C20H25FN2O3S/c1-19-6-5-17(24)23(19)16(12-27-19)18(25)22-13-20(7-9-26-10-8-20)14-3-2-4-15(21)11-14/h2-4,11,16H,5-10,12-13H2,1H3,(H,22,25)/t16-,19-/m1/s1. The van der Waals surface area contributed by atoms with Crippen LogP contribution in [0.3, 0.4) is 0 Å². The first-order valence-corrected chi connectivity index (χ1v) is 10.5. The Hall–Kier alpha value is -1.60. The van der Waals surface area contributed by atoms with E-state index in [1.807, 2.05) is 13.0 Å². The number of thioether (sulfide) groups is 1. The zero-order valence-electron chi connectivity index (χ0n) is 15.5. The van der Waals surface area contributed by atoms with E-state index < -0.39 is 6.04 Å². The Kier molecular flexibility index (Phi) is 4.93. The van der Waals surface area contributed by atoms with Gasteiger partial charge in [0.25, 0.3) is 0 Å². The predicted molar refractivity (Wildman–Crippen MR) is 102 cm³/mol. The normalized spacial score (nSPS) is 29.6. The highest BCUT2D eigenvalue weighted by Crippen LogP contribution is 2.47. The first-order valence-electron chi connectivity index (χ1n) is 9.51. The maximum absolute atomic E-state index is 13.8. The van der Waals surface area contributed by atoms with Crippen molar-refractivity contribution in [2.75, 3.05) is 25.5 Å². The van der Waals surface area contributed by atoms with Gasteiger partial charge < -0.3 is 15.0 Å². The first kappa shape index (κ1) is 18.7. The van der Waals surface area contributed by atoms with Gasteiger partial charge in [0.1, 0.15) is 11.9 Å². The van der Waals surface area contributed by atoms with Crippen LogP contribution in [0.25, 0.3) is 0 Å². The molecule has 1 aromatic rings. The van der Waals surface area contributed by atoms with E-state index in [0.29, 0.717) is 31.9 Å².